The number of carbonyl (C=O) groups excluding carboxylic acids is 1. The lowest BCUT2D eigenvalue weighted by Crippen LogP contribution is -2.51. The summed E-state index contributed by atoms with van der Waals surface area (Å²) >= 11 is 6.98. The van der Waals surface area contributed by atoms with E-state index in [1.165, 1.54) is 16.1 Å². The highest BCUT2D eigenvalue weighted by molar-refractivity contribution is 7.91. The summed E-state index contributed by atoms with van der Waals surface area (Å²) in [5.74, 6) is -0.328. The summed E-state index contributed by atoms with van der Waals surface area (Å²) in [7, 11) is -3.55. The van der Waals surface area contributed by atoms with Crippen molar-refractivity contribution < 1.29 is 22.0 Å². The summed E-state index contributed by atoms with van der Waals surface area (Å²) < 4.78 is 53.5. The molecule has 12 heteroatoms. The Hall–Kier alpha value is -1.56. The van der Waals surface area contributed by atoms with Crippen molar-refractivity contribution in [1.29, 1.82) is 0 Å². The number of thiophene rings is 1. The molecule has 148 valence electrons. The van der Waals surface area contributed by atoms with E-state index in [-0.39, 0.29) is 47.9 Å². The van der Waals surface area contributed by atoms with Crippen LogP contribution in [0.3, 0.4) is 0 Å². The van der Waals surface area contributed by atoms with Crippen LogP contribution in [0.25, 0.3) is 0 Å². The molecule has 27 heavy (non-hydrogen) atoms. The Morgan fingerprint density at radius 3 is 2.52 bits per heavy atom. The van der Waals surface area contributed by atoms with Crippen LogP contribution in [-0.2, 0) is 21.4 Å². The van der Waals surface area contributed by atoms with Gasteiger partial charge in [-0.1, -0.05) is 17.7 Å². The fourth-order valence-electron chi connectivity index (χ4n) is 2.78. The molecule has 7 nitrogen and oxygen atoms in total. The van der Waals surface area contributed by atoms with Crippen LogP contribution in [0.15, 0.2) is 21.7 Å². The third kappa shape index (κ3) is 4.00. The van der Waals surface area contributed by atoms with Gasteiger partial charge in [0.2, 0.25) is 5.91 Å². The Balaban J connectivity index is 1.63. The molecule has 0 aromatic carbocycles. The second kappa shape index (κ2) is 7.82. The van der Waals surface area contributed by atoms with Gasteiger partial charge in [-0.25, -0.2) is 17.2 Å². The molecular formula is C15H17ClF2N4O3S2. The lowest BCUT2D eigenvalue weighted by atomic mass is 10.3. The molecule has 0 radical (unpaired) electrons. The first-order chi connectivity index (χ1) is 12.7. The van der Waals surface area contributed by atoms with E-state index in [9.17, 15) is 22.0 Å². The van der Waals surface area contributed by atoms with E-state index in [0.717, 1.165) is 16.0 Å². The standard InChI is InChI=1S/C15H17ClF2N4O3S2/c1-10-13(16)14(15(17)18)19-22(10)9-11(23)20-4-6-21(7-5-20)27(24,25)12-3-2-8-26-12/h2-3,8,15H,4-7,9H2,1H3. The first-order valence-corrected chi connectivity index (χ1v) is 10.7. The molecule has 1 amide bonds. The molecule has 0 spiro atoms. The summed E-state index contributed by atoms with van der Waals surface area (Å²) in [5, 5.41) is 5.26. The van der Waals surface area contributed by atoms with Crippen LogP contribution in [0, 0.1) is 6.92 Å². The van der Waals surface area contributed by atoms with E-state index in [2.05, 4.69) is 5.10 Å². The van der Waals surface area contributed by atoms with Crippen LogP contribution < -0.4 is 0 Å². The zero-order valence-corrected chi connectivity index (χ0v) is 16.7. The summed E-state index contributed by atoms with van der Waals surface area (Å²) in [4.78, 5) is 14.0. The van der Waals surface area contributed by atoms with E-state index in [0.29, 0.717) is 5.69 Å². The SMILES string of the molecule is Cc1c(Cl)c(C(F)F)nn1CC(=O)N1CCN(S(=O)(=O)c2cccs2)CC1. The summed E-state index contributed by atoms with van der Waals surface area (Å²) in [6.07, 6.45) is -2.82. The maximum Gasteiger partial charge on any atom is 0.283 e. The van der Waals surface area contributed by atoms with Crippen molar-refractivity contribution in [3.05, 3.63) is 33.9 Å². The second-order valence-corrected chi connectivity index (χ2v) is 9.45. The van der Waals surface area contributed by atoms with Crippen LogP contribution >= 0.6 is 22.9 Å². The molecule has 3 rings (SSSR count). The molecule has 3 heterocycles. The molecule has 2 aromatic heterocycles. The molecular weight excluding hydrogens is 422 g/mol. The Bertz CT molecular complexity index is 923. The van der Waals surface area contributed by atoms with Gasteiger partial charge in [0.1, 0.15) is 16.4 Å². The number of alkyl halides is 2. The molecule has 1 aliphatic heterocycles. The Morgan fingerprint density at radius 2 is 2.00 bits per heavy atom. The minimum absolute atomic E-state index is 0.148. The number of hydrogen-bond donors (Lipinski definition) is 0. The summed E-state index contributed by atoms with van der Waals surface area (Å²) in [6.45, 7) is 2.08. The van der Waals surface area contributed by atoms with Gasteiger partial charge in [0.25, 0.3) is 16.4 Å². The quantitative estimate of drug-likeness (QED) is 0.718. The summed E-state index contributed by atoms with van der Waals surface area (Å²) in [5.41, 5.74) is -0.256. The monoisotopic (exact) mass is 438 g/mol. The van der Waals surface area contributed by atoms with Crippen molar-refractivity contribution in [3.8, 4) is 0 Å². The number of piperazine rings is 1. The highest BCUT2D eigenvalue weighted by Gasteiger charge is 2.31. The maximum atomic E-state index is 12.9. The lowest BCUT2D eigenvalue weighted by Gasteiger charge is -2.33. The molecule has 1 aliphatic rings. The number of aromatic nitrogens is 2. The largest absolute Gasteiger partial charge is 0.338 e. The smallest absolute Gasteiger partial charge is 0.283 e. The van der Waals surface area contributed by atoms with Gasteiger partial charge in [-0.15, -0.1) is 11.3 Å². The fourth-order valence-corrected chi connectivity index (χ4v) is 5.57. The molecule has 1 fully saturated rings. The van der Waals surface area contributed by atoms with E-state index in [1.807, 2.05) is 0 Å². The number of amides is 1. The average Bonchev–Trinajstić information content (AvgIpc) is 3.27. The molecule has 0 N–H and O–H groups in total. The van der Waals surface area contributed by atoms with Crippen molar-refractivity contribution in [1.82, 2.24) is 19.0 Å². The van der Waals surface area contributed by atoms with Crippen LogP contribution in [0.1, 0.15) is 17.8 Å². The molecule has 0 bridgehead atoms. The molecule has 2 aromatic rings. The highest BCUT2D eigenvalue weighted by atomic mass is 35.5. The highest BCUT2D eigenvalue weighted by Crippen LogP contribution is 2.28. The molecule has 0 atom stereocenters. The van der Waals surface area contributed by atoms with Gasteiger partial charge in [-0.05, 0) is 18.4 Å². The van der Waals surface area contributed by atoms with E-state index >= 15 is 0 Å². The van der Waals surface area contributed by atoms with Crippen molar-refractivity contribution in [2.45, 2.75) is 24.1 Å². The molecule has 0 unspecified atom stereocenters. The van der Waals surface area contributed by atoms with Crippen LogP contribution in [0.4, 0.5) is 8.78 Å². The topological polar surface area (TPSA) is 75.5 Å². The first-order valence-electron chi connectivity index (χ1n) is 8.04. The van der Waals surface area contributed by atoms with Crippen molar-refractivity contribution in [2.75, 3.05) is 26.2 Å². The van der Waals surface area contributed by atoms with Gasteiger partial charge < -0.3 is 4.90 Å². The first kappa shape index (κ1) is 20.2. The third-order valence-electron chi connectivity index (χ3n) is 4.33. The Kier molecular flexibility index (Phi) is 5.84. The number of carbonyl (C=O) groups is 1. The minimum atomic E-state index is -3.55. The number of sulfonamides is 1. The van der Waals surface area contributed by atoms with Crippen molar-refractivity contribution in [3.63, 3.8) is 0 Å². The van der Waals surface area contributed by atoms with Gasteiger partial charge >= 0.3 is 0 Å². The zero-order valence-electron chi connectivity index (χ0n) is 14.3. The fraction of sp³-hybridized carbons (Fsp3) is 0.467. The van der Waals surface area contributed by atoms with Crippen LogP contribution in [-0.4, -0.2) is 59.5 Å². The van der Waals surface area contributed by atoms with E-state index < -0.39 is 22.1 Å². The van der Waals surface area contributed by atoms with E-state index in [4.69, 9.17) is 11.6 Å². The van der Waals surface area contributed by atoms with Gasteiger partial charge in [0.05, 0.1) is 10.7 Å². The average molecular weight is 439 g/mol. The van der Waals surface area contributed by atoms with Gasteiger partial charge in [-0.3, -0.25) is 9.48 Å². The zero-order chi connectivity index (χ0) is 19.8. The summed E-state index contributed by atoms with van der Waals surface area (Å²) in [6, 6.07) is 3.21. The lowest BCUT2D eigenvalue weighted by molar-refractivity contribution is -0.133. The third-order valence-corrected chi connectivity index (χ3v) is 8.07. The van der Waals surface area contributed by atoms with Gasteiger partial charge in [0, 0.05) is 26.2 Å². The van der Waals surface area contributed by atoms with Gasteiger partial charge in [-0.2, -0.15) is 9.40 Å². The van der Waals surface area contributed by atoms with Crippen LogP contribution in [0.5, 0.6) is 0 Å². The predicted molar refractivity (Wildman–Crippen MR) is 96.6 cm³/mol. The van der Waals surface area contributed by atoms with Crippen molar-refractivity contribution in [2.24, 2.45) is 0 Å². The normalized spacial score (nSPS) is 16.3. The predicted octanol–water partition coefficient (Wildman–Crippen LogP) is 2.38. The number of rotatable bonds is 5. The number of nitrogens with zero attached hydrogens (tertiary/aromatic N) is 4. The Morgan fingerprint density at radius 1 is 1.33 bits per heavy atom. The van der Waals surface area contributed by atoms with Crippen LogP contribution in [0.2, 0.25) is 5.02 Å². The molecule has 0 aliphatic carbocycles. The minimum Gasteiger partial charge on any atom is -0.338 e. The second-order valence-electron chi connectivity index (χ2n) is 5.96. The number of halogens is 3. The van der Waals surface area contributed by atoms with E-state index in [1.54, 1.807) is 17.5 Å². The van der Waals surface area contributed by atoms with Crippen molar-refractivity contribution >= 4 is 38.9 Å². The Labute approximate surface area is 164 Å². The maximum absolute atomic E-state index is 12.9. The number of hydrogen-bond acceptors (Lipinski definition) is 5. The molecule has 0 saturated carbocycles. The molecule has 1 saturated heterocycles. The van der Waals surface area contributed by atoms with Gasteiger partial charge in [0.15, 0.2) is 0 Å².